The summed E-state index contributed by atoms with van der Waals surface area (Å²) in [5.74, 6) is 0.675. The molecule has 3 aromatic rings. The number of hydrogen-bond acceptors (Lipinski definition) is 5. The first kappa shape index (κ1) is 29.8. The van der Waals surface area contributed by atoms with Crippen molar-refractivity contribution < 1.29 is 8.42 Å². The van der Waals surface area contributed by atoms with Crippen molar-refractivity contribution in [1.29, 1.82) is 0 Å². The van der Waals surface area contributed by atoms with E-state index in [0.717, 1.165) is 54.3 Å². The minimum atomic E-state index is -3.45. The van der Waals surface area contributed by atoms with E-state index in [9.17, 15) is 8.42 Å². The lowest BCUT2D eigenvalue weighted by molar-refractivity contribution is 0.526. The maximum atomic E-state index is 14.2. The van der Waals surface area contributed by atoms with Gasteiger partial charge in [0, 0.05) is 24.9 Å². The second kappa shape index (κ2) is 12.6. The fourth-order valence-corrected chi connectivity index (χ4v) is 8.88. The fourth-order valence-electron chi connectivity index (χ4n) is 5.59. The van der Waals surface area contributed by atoms with Crippen LogP contribution in [0.25, 0.3) is 0 Å². The molecule has 2 heterocycles. The molecular formula is C33H46N2O2S2. The van der Waals surface area contributed by atoms with Crippen molar-refractivity contribution in [2.75, 3.05) is 18.0 Å². The number of aryl methyl sites for hydroxylation is 1. The van der Waals surface area contributed by atoms with E-state index in [1.54, 1.807) is 11.3 Å². The minimum Gasteiger partial charge on any atom is -0.348 e. The normalized spacial score (nSPS) is 15.2. The van der Waals surface area contributed by atoms with Crippen LogP contribution in [0.3, 0.4) is 0 Å². The SMILES string of the molecule is CCCc1ccc(Cc2csc(N3CCC(S(=O)(=O)c4c(C(C)C)cc(C(C)C)cc4C(C)C)CC3)n2)cc1. The van der Waals surface area contributed by atoms with Crippen LogP contribution < -0.4 is 4.90 Å². The lowest BCUT2D eigenvalue weighted by Gasteiger charge is -2.33. The van der Waals surface area contributed by atoms with Gasteiger partial charge in [0.05, 0.1) is 15.8 Å². The predicted octanol–water partition coefficient (Wildman–Crippen LogP) is 8.50. The molecule has 2 aromatic carbocycles. The van der Waals surface area contributed by atoms with E-state index >= 15 is 0 Å². The Balaban J connectivity index is 1.49. The highest BCUT2D eigenvalue weighted by atomic mass is 32.2. The Bertz CT molecular complexity index is 1320. The molecule has 4 nitrogen and oxygen atoms in total. The summed E-state index contributed by atoms with van der Waals surface area (Å²) in [5.41, 5.74) is 6.95. The highest BCUT2D eigenvalue weighted by Gasteiger charge is 2.36. The fraction of sp³-hybridized carbons (Fsp3) is 0.545. The van der Waals surface area contributed by atoms with Crippen molar-refractivity contribution in [1.82, 2.24) is 4.98 Å². The molecule has 0 unspecified atom stereocenters. The van der Waals surface area contributed by atoms with Crippen molar-refractivity contribution >= 4 is 26.3 Å². The van der Waals surface area contributed by atoms with Crippen molar-refractivity contribution in [3.8, 4) is 0 Å². The molecule has 4 rings (SSSR count). The second-order valence-electron chi connectivity index (χ2n) is 12.1. The smallest absolute Gasteiger partial charge is 0.185 e. The van der Waals surface area contributed by atoms with E-state index in [1.807, 2.05) is 0 Å². The van der Waals surface area contributed by atoms with Crippen LogP contribution in [0.4, 0.5) is 5.13 Å². The van der Waals surface area contributed by atoms with E-state index in [-0.39, 0.29) is 17.1 Å². The van der Waals surface area contributed by atoms with Crippen LogP contribution in [-0.4, -0.2) is 31.7 Å². The maximum Gasteiger partial charge on any atom is 0.185 e. The molecule has 0 aliphatic carbocycles. The van der Waals surface area contributed by atoms with Crippen LogP contribution in [0.1, 0.15) is 119 Å². The number of thiazole rings is 1. The molecule has 0 saturated carbocycles. The molecule has 1 saturated heterocycles. The summed E-state index contributed by atoms with van der Waals surface area (Å²) in [4.78, 5) is 7.81. The van der Waals surface area contributed by atoms with Gasteiger partial charge < -0.3 is 4.90 Å². The highest BCUT2D eigenvalue weighted by molar-refractivity contribution is 7.92. The second-order valence-corrected chi connectivity index (χ2v) is 15.1. The van der Waals surface area contributed by atoms with Crippen LogP contribution in [0, 0.1) is 0 Å². The van der Waals surface area contributed by atoms with Crippen LogP contribution >= 0.6 is 11.3 Å². The molecule has 1 aliphatic heterocycles. The Kier molecular flexibility index (Phi) is 9.59. The average molecular weight is 567 g/mol. The van der Waals surface area contributed by atoms with E-state index in [2.05, 4.69) is 95.1 Å². The Hall–Kier alpha value is -2.18. The van der Waals surface area contributed by atoms with Gasteiger partial charge in [-0.3, -0.25) is 0 Å². The molecule has 0 N–H and O–H groups in total. The molecule has 1 aromatic heterocycles. The van der Waals surface area contributed by atoms with Gasteiger partial charge in [-0.05, 0) is 64.8 Å². The number of anilines is 1. The van der Waals surface area contributed by atoms with Gasteiger partial charge in [-0.25, -0.2) is 13.4 Å². The van der Waals surface area contributed by atoms with E-state index in [1.165, 1.54) is 16.7 Å². The van der Waals surface area contributed by atoms with E-state index in [4.69, 9.17) is 4.98 Å². The largest absolute Gasteiger partial charge is 0.348 e. The molecule has 0 radical (unpaired) electrons. The minimum absolute atomic E-state index is 0.155. The van der Waals surface area contributed by atoms with Crippen LogP contribution in [0.2, 0.25) is 0 Å². The quantitative estimate of drug-likeness (QED) is 0.247. The molecule has 6 heteroatoms. The standard InChI is InChI=1S/C33H46N2O2S2/c1-8-9-25-10-12-26(13-11-25)18-28-21-38-33(34-28)35-16-14-29(15-17-35)39(36,37)32-30(23(4)5)19-27(22(2)3)20-31(32)24(6)7/h10-13,19-24,29H,8-9,14-18H2,1-7H3. The summed E-state index contributed by atoms with van der Waals surface area (Å²) in [6.07, 6.45) is 4.38. The molecule has 1 aliphatic rings. The van der Waals surface area contributed by atoms with Crippen LogP contribution in [0.5, 0.6) is 0 Å². The van der Waals surface area contributed by atoms with Crippen molar-refractivity contribution in [2.45, 2.75) is 108 Å². The Morgan fingerprint density at radius 2 is 1.46 bits per heavy atom. The Labute approximate surface area is 240 Å². The predicted molar refractivity (Wildman–Crippen MR) is 166 cm³/mol. The number of sulfone groups is 1. The van der Waals surface area contributed by atoms with E-state index < -0.39 is 9.84 Å². The van der Waals surface area contributed by atoms with Crippen molar-refractivity contribution in [3.05, 3.63) is 75.3 Å². The number of piperidine rings is 1. The zero-order valence-electron chi connectivity index (χ0n) is 24.8. The summed E-state index contributed by atoms with van der Waals surface area (Å²) in [7, 11) is -3.45. The third-order valence-corrected chi connectivity index (χ3v) is 11.3. The molecule has 0 bridgehead atoms. The molecule has 0 spiro atoms. The first-order chi connectivity index (χ1) is 18.5. The number of nitrogens with zero attached hydrogens (tertiary/aromatic N) is 2. The number of hydrogen-bond donors (Lipinski definition) is 0. The molecule has 0 atom stereocenters. The Morgan fingerprint density at radius 1 is 0.897 bits per heavy atom. The van der Waals surface area contributed by atoms with Gasteiger partial charge in [-0.2, -0.15) is 0 Å². The summed E-state index contributed by atoms with van der Waals surface area (Å²) in [5, 5.41) is 2.81. The summed E-state index contributed by atoms with van der Waals surface area (Å²) in [6.45, 7) is 16.5. The van der Waals surface area contributed by atoms with E-state index in [0.29, 0.717) is 23.7 Å². The zero-order valence-corrected chi connectivity index (χ0v) is 26.5. The van der Waals surface area contributed by atoms with Gasteiger partial charge >= 0.3 is 0 Å². The third-order valence-electron chi connectivity index (χ3n) is 8.00. The van der Waals surface area contributed by atoms with Gasteiger partial charge in [0.1, 0.15) is 0 Å². The Morgan fingerprint density at radius 3 is 1.97 bits per heavy atom. The first-order valence-electron chi connectivity index (χ1n) is 14.7. The lowest BCUT2D eigenvalue weighted by atomic mass is 9.89. The van der Waals surface area contributed by atoms with Gasteiger partial charge in [-0.1, -0.05) is 91.3 Å². The first-order valence-corrected chi connectivity index (χ1v) is 17.1. The monoisotopic (exact) mass is 566 g/mol. The number of aromatic nitrogens is 1. The number of benzene rings is 2. The lowest BCUT2D eigenvalue weighted by Crippen LogP contribution is -2.40. The van der Waals surface area contributed by atoms with Crippen LogP contribution in [0.15, 0.2) is 46.7 Å². The van der Waals surface area contributed by atoms with Gasteiger partial charge in [0.25, 0.3) is 0 Å². The molecule has 39 heavy (non-hydrogen) atoms. The van der Waals surface area contributed by atoms with Gasteiger partial charge in [-0.15, -0.1) is 11.3 Å². The molecule has 0 amide bonds. The third kappa shape index (κ3) is 6.77. The maximum absolute atomic E-state index is 14.2. The topological polar surface area (TPSA) is 50.3 Å². The van der Waals surface area contributed by atoms with Crippen LogP contribution in [-0.2, 0) is 22.7 Å². The summed E-state index contributed by atoms with van der Waals surface area (Å²) in [6, 6.07) is 13.2. The summed E-state index contributed by atoms with van der Waals surface area (Å²) < 4.78 is 28.4. The molecule has 1 fully saturated rings. The molecule has 212 valence electrons. The zero-order chi connectivity index (χ0) is 28.3. The average Bonchev–Trinajstić information content (AvgIpc) is 3.37. The van der Waals surface area contributed by atoms with Crippen molar-refractivity contribution in [3.63, 3.8) is 0 Å². The highest BCUT2D eigenvalue weighted by Crippen LogP contribution is 2.39. The van der Waals surface area contributed by atoms with Gasteiger partial charge in [0.2, 0.25) is 0 Å². The summed E-state index contributed by atoms with van der Waals surface area (Å²) >= 11 is 1.67. The van der Waals surface area contributed by atoms with Gasteiger partial charge in [0.15, 0.2) is 15.0 Å². The van der Waals surface area contributed by atoms with Crippen molar-refractivity contribution in [2.24, 2.45) is 0 Å². The number of rotatable bonds is 10. The molecular weight excluding hydrogens is 521 g/mol.